The van der Waals surface area contributed by atoms with Crippen LogP contribution in [0.4, 0.5) is 9.59 Å². The Morgan fingerprint density at radius 3 is 2.06 bits per heavy atom. The number of carbonyl (C=O) groups excluding carboxylic acids is 2. The quantitative estimate of drug-likeness (QED) is 0.583. The molecule has 34 heavy (non-hydrogen) atoms. The van der Waals surface area contributed by atoms with Gasteiger partial charge in [-0.1, -0.05) is 84.9 Å². The fourth-order valence-corrected chi connectivity index (χ4v) is 5.69. The van der Waals surface area contributed by atoms with Crippen molar-refractivity contribution in [2.24, 2.45) is 0 Å². The predicted octanol–water partition coefficient (Wildman–Crippen LogP) is 4.24. The second-order valence-corrected chi connectivity index (χ2v) is 9.21. The molecular weight excluding hydrogens is 426 g/mol. The number of hydrogen-bond acceptors (Lipinski definition) is 3. The maximum atomic E-state index is 13.6. The summed E-state index contributed by atoms with van der Waals surface area (Å²) in [6, 6.07) is 27.9. The predicted molar refractivity (Wildman–Crippen MR) is 128 cm³/mol. The molecule has 2 saturated heterocycles. The van der Waals surface area contributed by atoms with Gasteiger partial charge in [0, 0.05) is 43.9 Å². The summed E-state index contributed by atoms with van der Waals surface area (Å²) in [5, 5.41) is 0. The molecule has 0 saturated carbocycles. The molecular formula is C28H27N3O3. The molecule has 1 unspecified atom stereocenters. The lowest BCUT2D eigenvalue weighted by atomic mass is 9.79. The van der Waals surface area contributed by atoms with Crippen LogP contribution in [-0.4, -0.2) is 59.0 Å². The number of benzene rings is 3. The van der Waals surface area contributed by atoms with E-state index in [9.17, 15) is 9.59 Å². The van der Waals surface area contributed by atoms with E-state index in [4.69, 9.17) is 4.74 Å². The minimum absolute atomic E-state index is 0.0310. The van der Waals surface area contributed by atoms with Crippen molar-refractivity contribution in [3.63, 3.8) is 0 Å². The molecule has 0 N–H and O–H groups in total. The molecule has 3 aliphatic heterocycles. The van der Waals surface area contributed by atoms with E-state index in [1.54, 1.807) is 4.90 Å². The highest BCUT2D eigenvalue weighted by atomic mass is 16.6. The normalized spacial score (nSPS) is 21.0. The molecule has 0 radical (unpaired) electrons. The highest BCUT2D eigenvalue weighted by Gasteiger charge is 2.58. The van der Waals surface area contributed by atoms with Crippen LogP contribution in [-0.2, 0) is 23.3 Å². The van der Waals surface area contributed by atoms with Crippen molar-refractivity contribution in [2.45, 2.75) is 24.6 Å². The Morgan fingerprint density at radius 2 is 1.38 bits per heavy atom. The van der Waals surface area contributed by atoms with Crippen molar-refractivity contribution in [3.8, 4) is 0 Å². The number of cyclic esters (lactones) is 1. The first-order valence-corrected chi connectivity index (χ1v) is 11.9. The molecule has 172 valence electrons. The van der Waals surface area contributed by atoms with Gasteiger partial charge in [-0.15, -0.1) is 0 Å². The number of amides is 3. The van der Waals surface area contributed by atoms with Gasteiger partial charge in [0.2, 0.25) is 0 Å². The van der Waals surface area contributed by atoms with Crippen molar-refractivity contribution in [3.05, 3.63) is 107 Å². The van der Waals surface area contributed by atoms with Crippen molar-refractivity contribution >= 4 is 12.1 Å². The topological polar surface area (TPSA) is 53.1 Å². The third kappa shape index (κ3) is 3.24. The van der Waals surface area contributed by atoms with Gasteiger partial charge in [-0.2, -0.15) is 0 Å². The molecule has 1 atom stereocenters. The molecule has 0 aromatic heterocycles. The zero-order chi connectivity index (χ0) is 23.1. The Bertz CT molecular complexity index is 1170. The van der Waals surface area contributed by atoms with Gasteiger partial charge in [0.1, 0.15) is 6.04 Å². The van der Waals surface area contributed by atoms with Crippen LogP contribution >= 0.6 is 0 Å². The highest BCUT2D eigenvalue weighted by molar-refractivity contribution is 5.78. The molecule has 0 bridgehead atoms. The summed E-state index contributed by atoms with van der Waals surface area (Å²) < 4.78 is 6.22. The summed E-state index contributed by atoms with van der Waals surface area (Å²) in [5.41, 5.74) is 3.40. The minimum atomic E-state index is -0.965. The van der Waals surface area contributed by atoms with Gasteiger partial charge in [0.05, 0.1) is 0 Å². The number of urea groups is 1. The summed E-state index contributed by atoms with van der Waals surface area (Å²) >= 11 is 0. The zero-order valence-electron chi connectivity index (χ0n) is 19.0. The van der Waals surface area contributed by atoms with Gasteiger partial charge in [-0.05, 0) is 17.5 Å². The molecule has 3 heterocycles. The molecule has 3 aliphatic rings. The van der Waals surface area contributed by atoms with Gasteiger partial charge in [0.15, 0.2) is 5.60 Å². The van der Waals surface area contributed by atoms with E-state index >= 15 is 0 Å². The van der Waals surface area contributed by atoms with Gasteiger partial charge in [-0.3, -0.25) is 4.90 Å². The number of nitrogens with zero attached hydrogens (tertiary/aromatic N) is 3. The maximum absolute atomic E-state index is 13.6. The second kappa shape index (κ2) is 8.20. The lowest BCUT2D eigenvalue weighted by molar-refractivity contribution is 0.0458. The summed E-state index contributed by atoms with van der Waals surface area (Å²) in [6.45, 7) is 2.71. The Hall–Kier alpha value is -3.80. The largest absolute Gasteiger partial charge is 0.431 e. The molecule has 3 aromatic rings. The first-order valence-electron chi connectivity index (χ1n) is 11.9. The monoisotopic (exact) mass is 453 g/mol. The number of carbonyl (C=O) groups is 2. The van der Waals surface area contributed by atoms with Crippen molar-refractivity contribution < 1.29 is 14.3 Å². The van der Waals surface area contributed by atoms with Crippen LogP contribution < -0.4 is 0 Å². The third-order valence-electron chi connectivity index (χ3n) is 7.41. The SMILES string of the molecule is O=C(N1CCc2ccccc2C1)N1CCN2C(=O)OC(c3ccccc3)(c3ccccc3)C2C1. The Morgan fingerprint density at radius 1 is 0.765 bits per heavy atom. The smallest absolute Gasteiger partial charge is 0.411 e. The van der Waals surface area contributed by atoms with Crippen LogP contribution in [0.15, 0.2) is 84.9 Å². The molecule has 6 nitrogen and oxygen atoms in total. The Balaban J connectivity index is 1.33. The van der Waals surface area contributed by atoms with Crippen molar-refractivity contribution in [2.75, 3.05) is 26.2 Å². The average Bonchev–Trinajstić information content (AvgIpc) is 3.21. The minimum Gasteiger partial charge on any atom is -0.431 e. The van der Waals surface area contributed by atoms with E-state index in [1.807, 2.05) is 76.5 Å². The van der Waals surface area contributed by atoms with Crippen LogP contribution in [0.1, 0.15) is 22.3 Å². The number of fused-ring (bicyclic) bond motifs is 2. The van der Waals surface area contributed by atoms with Crippen LogP contribution in [0, 0.1) is 0 Å². The molecule has 3 aromatic carbocycles. The highest BCUT2D eigenvalue weighted by Crippen LogP contribution is 2.45. The molecule has 6 heteroatoms. The van der Waals surface area contributed by atoms with Crippen LogP contribution in [0.25, 0.3) is 0 Å². The van der Waals surface area contributed by atoms with Gasteiger partial charge < -0.3 is 14.5 Å². The van der Waals surface area contributed by atoms with Gasteiger partial charge >= 0.3 is 12.1 Å². The lowest BCUT2D eigenvalue weighted by Crippen LogP contribution is -2.60. The van der Waals surface area contributed by atoms with E-state index in [0.717, 1.165) is 17.5 Å². The third-order valence-corrected chi connectivity index (χ3v) is 7.41. The fourth-order valence-electron chi connectivity index (χ4n) is 5.69. The van der Waals surface area contributed by atoms with Crippen LogP contribution in [0.3, 0.4) is 0 Å². The van der Waals surface area contributed by atoms with E-state index in [2.05, 4.69) is 18.2 Å². The summed E-state index contributed by atoms with van der Waals surface area (Å²) in [5.74, 6) is 0. The molecule has 3 amide bonds. The Kier molecular flexibility index (Phi) is 5.01. The van der Waals surface area contributed by atoms with E-state index < -0.39 is 5.60 Å². The van der Waals surface area contributed by atoms with Gasteiger partial charge in [-0.25, -0.2) is 9.59 Å². The maximum Gasteiger partial charge on any atom is 0.411 e. The van der Waals surface area contributed by atoms with Crippen LogP contribution in [0.2, 0.25) is 0 Å². The molecule has 6 rings (SSSR count). The summed E-state index contributed by atoms with van der Waals surface area (Å²) in [7, 11) is 0. The second-order valence-electron chi connectivity index (χ2n) is 9.21. The van der Waals surface area contributed by atoms with E-state index in [0.29, 0.717) is 32.7 Å². The Labute approximate surface area is 199 Å². The summed E-state index contributed by atoms with van der Waals surface area (Å²) in [4.78, 5) is 32.3. The molecule has 2 fully saturated rings. The van der Waals surface area contributed by atoms with Crippen LogP contribution in [0.5, 0.6) is 0 Å². The number of piperazine rings is 1. The summed E-state index contributed by atoms with van der Waals surface area (Å²) in [6.07, 6.45) is 0.543. The fraction of sp³-hybridized carbons (Fsp3) is 0.286. The van der Waals surface area contributed by atoms with E-state index in [-0.39, 0.29) is 18.2 Å². The molecule has 0 aliphatic carbocycles. The molecule has 0 spiro atoms. The average molecular weight is 454 g/mol. The first kappa shape index (κ1) is 20.8. The number of hydrogen-bond donors (Lipinski definition) is 0. The van der Waals surface area contributed by atoms with E-state index in [1.165, 1.54) is 11.1 Å². The van der Waals surface area contributed by atoms with Crippen molar-refractivity contribution in [1.82, 2.24) is 14.7 Å². The zero-order valence-corrected chi connectivity index (χ0v) is 19.0. The van der Waals surface area contributed by atoms with Gasteiger partial charge in [0.25, 0.3) is 0 Å². The number of ether oxygens (including phenoxy) is 1. The standard InChI is InChI=1S/C28H27N3O3/c32-26(29-16-15-21-9-7-8-10-22(21)19-29)30-17-18-31-25(20-30)28(34-27(31)33,23-11-3-1-4-12-23)24-13-5-2-6-14-24/h1-14,25H,15-20H2. The lowest BCUT2D eigenvalue weighted by Gasteiger charge is -2.43. The number of rotatable bonds is 2. The van der Waals surface area contributed by atoms with Crippen molar-refractivity contribution in [1.29, 1.82) is 0 Å². The first-order chi connectivity index (χ1) is 16.7.